The minimum atomic E-state index is -0.226. The summed E-state index contributed by atoms with van der Waals surface area (Å²) < 4.78 is 4.62. The lowest BCUT2D eigenvalue weighted by Gasteiger charge is -2.00. The summed E-state index contributed by atoms with van der Waals surface area (Å²) in [4.78, 5) is 10.4. The molecular formula is C5H9BrO2. The molecule has 2 nitrogen and oxygen atoms in total. The van der Waals surface area contributed by atoms with E-state index in [1.54, 1.807) is 0 Å². The van der Waals surface area contributed by atoms with Gasteiger partial charge < -0.3 is 4.74 Å². The molecule has 0 spiro atoms. The first-order valence-electron chi connectivity index (χ1n) is 2.40. The van der Waals surface area contributed by atoms with Gasteiger partial charge in [-0.25, -0.2) is 0 Å². The fraction of sp³-hybridized carbons (Fsp3) is 0.800. The van der Waals surface area contributed by atoms with Gasteiger partial charge in [-0.2, -0.15) is 0 Å². The molecule has 0 aromatic heterocycles. The smallest absolute Gasteiger partial charge is 0.302 e. The Balaban J connectivity index is 3.05. The van der Waals surface area contributed by atoms with E-state index >= 15 is 0 Å². The van der Waals surface area contributed by atoms with E-state index in [2.05, 4.69) is 20.7 Å². The standard InChI is InChI=1S/C5H9BrO2/c1-4(6)3-8-5(2)7/h4H,3H2,1-2H3. The maximum atomic E-state index is 10.1. The molecule has 0 bridgehead atoms. The van der Waals surface area contributed by atoms with Gasteiger partial charge in [0.05, 0.1) is 0 Å². The number of carbonyl (C=O) groups is 1. The first kappa shape index (κ1) is 7.95. The fourth-order valence-electron chi connectivity index (χ4n) is 0.232. The molecule has 3 heteroatoms. The van der Waals surface area contributed by atoms with Crippen LogP contribution in [0.15, 0.2) is 0 Å². The number of carbonyl (C=O) groups excluding carboxylic acids is 1. The van der Waals surface area contributed by atoms with Crippen LogP contribution >= 0.6 is 15.9 Å². The van der Waals surface area contributed by atoms with E-state index in [1.165, 1.54) is 6.92 Å². The molecule has 0 heterocycles. The minimum Gasteiger partial charge on any atom is -0.465 e. The molecule has 0 N–H and O–H groups in total. The van der Waals surface area contributed by atoms with Crippen LogP contribution in [0, 0.1) is 0 Å². The van der Waals surface area contributed by atoms with Crippen molar-refractivity contribution in [2.45, 2.75) is 18.7 Å². The fourth-order valence-corrected chi connectivity index (χ4v) is 0.364. The average Bonchev–Trinajstić information content (AvgIpc) is 1.61. The molecule has 0 saturated heterocycles. The third kappa shape index (κ3) is 5.95. The summed E-state index contributed by atoms with van der Waals surface area (Å²) in [7, 11) is 0. The number of rotatable bonds is 2. The Morgan fingerprint density at radius 1 is 1.88 bits per heavy atom. The second-order valence-corrected chi connectivity index (χ2v) is 3.15. The van der Waals surface area contributed by atoms with Gasteiger partial charge in [0, 0.05) is 11.8 Å². The van der Waals surface area contributed by atoms with Gasteiger partial charge in [0.1, 0.15) is 6.61 Å². The number of hydrogen-bond acceptors (Lipinski definition) is 2. The van der Waals surface area contributed by atoms with Crippen molar-refractivity contribution >= 4 is 21.9 Å². The van der Waals surface area contributed by atoms with Crippen molar-refractivity contribution in [2.24, 2.45) is 0 Å². The molecule has 0 amide bonds. The molecule has 0 rings (SSSR count). The molecule has 0 aliphatic rings. The summed E-state index contributed by atoms with van der Waals surface area (Å²) in [5, 5.41) is 0. The normalized spacial score (nSPS) is 12.9. The highest BCUT2D eigenvalue weighted by Gasteiger charge is 1.96. The van der Waals surface area contributed by atoms with Crippen LogP contribution in [0.25, 0.3) is 0 Å². The molecule has 0 aliphatic heterocycles. The molecule has 1 atom stereocenters. The zero-order valence-corrected chi connectivity index (χ0v) is 6.56. The van der Waals surface area contributed by atoms with E-state index in [1.807, 2.05) is 6.92 Å². The lowest BCUT2D eigenvalue weighted by Crippen LogP contribution is -2.07. The van der Waals surface area contributed by atoms with Gasteiger partial charge in [-0.1, -0.05) is 15.9 Å². The third-order valence-electron chi connectivity index (χ3n) is 0.516. The molecule has 48 valence electrons. The summed E-state index contributed by atoms with van der Waals surface area (Å²) in [6.07, 6.45) is 0. The van der Waals surface area contributed by atoms with Crippen LogP contribution in [0.5, 0.6) is 0 Å². The number of halogens is 1. The van der Waals surface area contributed by atoms with Gasteiger partial charge in [-0.05, 0) is 6.92 Å². The van der Waals surface area contributed by atoms with Crippen LogP contribution in [-0.2, 0) is 9.53 Å². The second kappa shape index (κ2) is 3.89. The minimum absolute atomic E-state index is 0.226. The molecule has 0 aliphatic carbocycles. The van der Waals surface area contributed by atoms with Crippen molar-refractivity contribution in [3.63, 3.8) is 0 Å². The van der Waals surface area contributed by atoms with Crippen molar-refractivity contribution in [3.05, 3.63) is 0 Å². The van der Waals surface area contributed by atoms with Crippen molar-refractivity contribution in [2.75, 3.05) is 6.61 Å². The molecule has 0 aromatic rings. The van der Waals surface area contributed by atoms with Crippen LogP contribution in [-0.4, -0.2) is 17.4 Å². The van der Waals surface area contributed by atoms with Crippen LogP contribution in [0.4, 0.5) is 0 Å². The van der Waals surface area contributed by atoms with Gasteiger partial charge in [-0.15, -0.1) is 0 Å². The van der Waals surface area contributed by atoms with Crippen LogP contribution in [0.1, 0.15) is 13.8 Å². The zero-order valence-electron chi connectivity index (χ0n) is 4.98. The average molecular weight is 181 g/mol. The Morgan fingerprint density at radius 3 is 2.50 bits per heavy atom. The highest BCUT2D eigenvalue weighted by molar-refractivity contribution is 9.09. The zero-order chi connectivity index (χ0) is 6.57. The van der Waals surface area contributed by atoms with Crippen molar-refractivity contribution in [3.8, 4) is 0 Å². The summed E-state index contributed by atoms with van der Waals surface area (Å²) >= 11 is 3.23. The Labute approximate surface area is 57.3 Å². The molecule has 1 unspecified atom stereocenters. The maximum absolute atomic E-state index is 10.1. The SMILES string of the molecule is CC(=O)OCC(C)Br. The highest BCUT2D eigenvalue weighted by atomic mass is 79.9. The van der Waals surface area contributed by atoms with E-state index in [0.29, 0.717) is 6.61 Å². The number of alkyl halides is 1. The van der Waals surface area contributed by atoms with Gasteiger partial charge in [0.2, 0.25) is 0 Å². The lowest BCUT2D eigenvalue weighted by atomic mass is 10.5. The second-order valence-electron chi connectivity index (χ2n) is 1.58. The van der Waals surface area contributed by atoms with Crippen molar-refractivity contribution in [1.82, 2.24) is 0 Å². The van der Waals surface area contributed by atoms with Crippen LogP contribution in [0.2, 0.25) is 0 Å². The Kier molecular flexibility index (Phi) is 3.87. The van der Waals surface area contributed by atoms with Crippen LogP contribution in [0.3, 0.4) is 0 Å². The van der Waals surface area contributed by atoms with E-state index in [0.717, 1.165) is 0 Å². The van der Waals surface area contributed by atoms with Gasteiger partial charge in [0.25, 0.3) is 0 Å². The predicted octanol–water partition coefficient (Wildman–Crippen LogP) is 1.33. The van der Waals surface area contributed by atoms with E-state index in [4.69, 9.17) is 0 Å². The molecule has 0 saturated carbocycles. The molecular weight excluding hydrogens is 172 g/mol. The Morgan fingerprint density at radius 2 is 2.38 bits per heavy atom. The van der Waals surface area contributed by atoms with Gasteiger partial charge in [0.15, 0.2) is 0 Å². The largest absolute Gasteiger partial charge is 0.465 e. The maximum Gasteiger partial charge on any atom is 0.302 e. The topological polar surface area (TPSA) is 26.3 Å². The monoisotopic (exact) mass is 180 g/mol. The van der Waals surface area contributed by atoms with Crippen LogP contribution < -0.4 is 0 Å². The molecule has 8 heavy (non-hydrogen) atoms. The summed E-state index contributed by atoms with van der Waals surface area (Å²) in [6.45, 7) is 3.77. The summed E-state index contributed by atoms with van der Waals surface area (Å²) in [5.41, 5.74) is 0. The number of ether oxygens (including phenoxy) is 1. The van der Waals surface area contributed by atoms with Crippen molar-refractivity contribution in [1.29, 1.82) is 0 Å². The van der Waals surface area contributed by atoms with Crippen molar-refractivity contribution < 1.29 is 9.53 Å². The van der Waals surface area contributed by atoms with E-state index in [-0.39, 0.29) is 10.8 Å². The predicted molar refractivity (Wildman–Crippen MR) is 35.0 cm³/mol. The quantitative estimate of drug-likeness (QED) is 0.474. The number of esters is 1. The first-order valence-corrected chi connectivity index (χ1v) is 3.32. The molecule has 0 radical (unpaired) electrons. The Hall–Kier alpha value is -0.0500. The van der Waals surface area contributed by atoms with Gasteiger partial charge >= 0.3 is 5.97 Å². The summed E-state index contributed by atoms with van der Waals surface area (Å²) in [5.74, 6) is -0.226. The highest BCUT2D eigenvalue weighted by Crippen LogP contribution is 1.96. The first-order chi connectivity index (χ1) is 3.63. The third-order valence-corrected chi connectivity index (χ3v) is 0.781. The Bertz CT molecular complexity index is 80.5. The van der Waals surface area contributed by atoms with E-state index in [9.17, 15) is 4.79 Å². The van der Waals surface area contributed by atoms with E-state index < -0.39 is 0 Å². The lowest BCUT2D eigenvalue weighted by molar-refractivity contribution is -0.140. The summed E-state index contributed by atoms with van der Waals surface area (Å²) in [6, 6.07) is 0. The molecule has 0 fully saturated rings. The molecule has 0 aromatic carbocycles. The van der Waals surface area contributed by atoms with Gasteiger partial charge in [-0.3, -0.25) is 4.79 Å². The number of hydrogen-bond donors (Lipinski definition) is 0.